The highest BCUT2D eigenvalue weighted by Gasteiger charge is 2.21. The molecule has 2 aromatic rings. The maximum absolute atomic E-state index is 13.2. The lowest BCUT2D eigenvalue weighted by atomic mass is 10.1. The van der Waals surface area contributed by atoms with Gasteiger partial charge in [0.25, 0.3) is 0 Å². The molecule has 3 rings (SSSR count). The van der Waals surface area contributed by atoms with Gasteiger partial charge in [0.1, 0.15) is 5.82 Å². The molecule has 1 aromatic heterocycles. The van der Waals surface area contributed by atoms with Gasteiger partial charge in [0.15, 0.2) is 0 Å². The van der Waals surface area contributed by atoms with Crippen LogP contribution in [0.1, 0.15) is 4.88 Å². The van der Waals surface area contributed by atoms with Crippen molar-refractivity contribution >= 4 is 28.6 Å². The van der Waals surface area contributed by atoms with E-state index in [0.717, 1.165) is 21.8 Å². The quantitative estimate of drug-likeness (QED) is 0.762. The summed E-state index contributed by atoms with van der Waals surface area (Å²) < 4.78 is 13.2. The van der Waals surface area contributed by atoms with Crippen LogP contribution < -0.4 is 5.32 Å². The number of anilines is 1. The Balaban J connectivity index is 2.32. The fourth-order valence-electron chi connectivity index (χ4n) is 1.72. The molecule has 15 heavy (non-hydrogen) atoms. The van der Waals surface area contributed by atoms with Crippen molar-refractivity contribution in [2.45, 2.75) is 6.54 Å². The van der Waals surface area contributed by atoms with Crippen molar-refractivity contribution in [3.63, 3.8) is 0 Å². The Morgan fingerprint density at radius 2 is 2.33 bits per heavy atom. The molecule has 0 spiro atoms. The van der Waals surface area contributed by atoms with Gasteiger partial charge in [-0.3, -0.25) is 0 Å². The first-order chi connectivity index (χ1) is 7.25. The summed E-state index contributed by atoms with van der Waals surface area (Å²) in [7, 11) is 0. The molecule has 1 aromatic carbocycles. The van der Waals surface area contributed by atoms with E-state index < -0.39 is 0 Å². The number of fused-ring (bicyclic) bond motifs is 3. The molecule has 1 aliphatic heterocycles. The van der Waals surface area contributed by atoms with Crippen molar-refractivity contribution in [2.24, 2.45) is 0 Å². The molecule has 2 nitrogen and oxygen atoms in total. The van der Waals surface area contributed by atoms with Gasteiger partial charge in [0.2, 0.25) is 0 Å². The van der Waals surface area contributed by atoms with Crippen LogP contribution in [-0.4, -0.2) is 4.98 Å². The molecule has 1 aliphatic rings. The van der Waals surface area contributed by atoms with Crippen LogP contribution in [0.2, 0.25) is 5.02 Å². The van der Waals surface area contributed by atoms with Crippen LogP contribution in [-0.2, 0) is 6.54 Å². The van der Waals surface area contributed by atoms with Crippen molar-refractivity contribution in [2.75, 3.05) is 5.32 Å². The van der Waals surface area contributed by atoms with Crippen molar-refractivity contribution in [3.8, 4) is 11.3 Å². The second-order valence-electron chi connectivity index (χ2n) is 3.29. The number of nitrogens with zero attached hydrogens (tertiary/aromatic N) is 1. The summed E-state index contributed by atoms with van der Waals surface area (Å²) in [5.74, 6) is -0.332. The van der Waals surface area contributed by atoms with Gasteiger partial charge in [-0.1, -0.05) is 11.6 Å². The minimum absolute atomic E-state index is 0.332. The highest BCUT2D eigenvalue weighted by molar-refractivity contribution is 7.10. The van der Waals surface area contributed by atoms with Gasteiger partial charge in [-0.25, -0.2) is 9.37 Å². The zero-order valence-electron chi connectivity index (χ0n) is 7.55. The highest BCUT2D eigenvalue weighted by Crippen LogP contribution is 2.40. The topological polar surface area (TPSA) is 24.9 Å². The number of nitrogens with one attached hydrogen (secondary N) is 1. The zero-order valence-corrected chi connectivity index (χ0v) is 9.12. The Morgan fingerprint density at radius 1 is 1.47 bits per heavy atom. The number of thiazole rings is 1. The molecule has 0 amide bonds. The van der Waals surface area contributed by atoms with Crippen LogP contribution in [0.15, 0.2) is 17.6 Å². The minimum Gasteiger partial charge on any atom is -0.378 e. The third-order valence-electron chi connectivity index (χ3n) is 2.38. The van der Waals surface area contributed by atoms with Crippen LogP contribution in [0.4, 0.5) is 10.1 Å². The average molecular weight is 241 g/mol. The number of rotatable bonds is 0. The van der Waals surface area contributed by atoms with Crippen LogP contribution in [0.25, 0.3) is 11.3 Å². The van der Waals surface area contributed by atoms with Crippen LogP contribution in [0, 0.1) is 5.82 Å². The van der Waals surface area contributed by atoms with E-state index in [4.69, 9.17) is 11.6 Å². The van der Waals surface area contributed by atoms with Gasteiger partial charge in [0.05, 0.1) is 33.3 Å². The van der Waals surface area contributed by atoms with Crippen molar-refractivity contribution in [3.05, 3.63) is 33.4 Å². The van der Waals surface area contributed by atoms with E-state index in [2.05, 4.69) is 10.3 Å². The molecule has 0 fully saturated rings. The Kier molecular flexibility index (Phi) is 1.94. The third kappa shape index (κ3) is 1.33. The normalized spacial score (nSPS) is 12.9. The molecule has 0 radical (unpaired) electrons. The van der Waals surface area contributed by atoms with Gasteiger partial charge in [-0.05, 0) is 12.1 Å². The van der Waals surface area contributed by atoms with E-state index in [0.29, 0.717) is 11.6 Å². The lowest BCUT2D eigenvalue weighted by Crippen LogP contribution is -2.07. The summed E-state index contributed by atoms with van der Waals surface area (Å²) in [6.07, 6.45) is 0. The molecule has 0 saturated carbocycles. The van der Waals surface area contributed by atoms with Gasteiger partial charge in [-0.15, -0.1) is 11.3 Å². The molecule has 0 atom stereocenters. The SMILES string of the molecule is Fc1cc(Cl)c2c(c1)-c1ncsc1CN2. The number of halogens is 2. The second kappa shape index (κ2) is 3.18. The monoisotopic (exact) mass is 240 g/mol. The number of aromatic nitrogens is 1. The third-order valence-corrected chi connectivity index (χ3v) is 3.51. The predicted octanol–water partition coefficient (Wildman–Crippen LogP) is 3.53. The molecule has 2 heterocycles. The second-order valence-corrected chi connectivity index (χ2v) is 4.63. The van der Waals surface area contributed by atoms with E-state index in [9.17, 15) is 4.39 Å². The first-order valence-corrected chi connectivity index (χ1v) is 5.67. The first kappa shape index (κ1) is 9.12. The molecular formula is C10H6ClFN2S. The number of hydrogen-bond donors (Lipinski definition) is 1. The fraction of sp³-hybridized carbons (Fsp3) is 0.100. The molecular weight excluding hydrogens is 235 g/mol. The smallest absolute Gasteiger partial charge is 0.125 e. The maximum Gasteiger partial charge on any atom is 0.125 e. The molecule has 0 bridgehead atoms. The van der Waals surface area contributed by atoms with Crippen LogP contribution >= 0.6 is 22.9 Å². The van der Waals surface area contributed by atoms with Gasteiger partial charge in [0, 0.05) is 5.56 Å². The standard InChI is InChI=1S/C10H6ClFN2S/c11-7-2-5(12)1-6-9(7)13-3-8-10(6)14-4-15-8/h1-2,4,13H,3H2. The Bertz CT molecular complexity index is 538. The molecule has 0 unspecified atom stereocenters. The fourth-order valence-corrected chi connectivity index (χ4v) is 2.71. The lowest BCUT2D eigenvalue weighted by molar-refractivity contribution is 0.628. The summed E-state index contributed by atoms with van der Waals surface area (Å²) in [6.45, 7) is 0.707. The highest BCUT2D eigenvalue weighted by atomic mass is 35.5. The van der Waals surface area contributed by atoms with Gasteiger partial charge < -0.3 is 5.32 Å². The number of benzene rings is 1. The lowest BCUT2D eigenvalue weighted by Gasteiger charge is -2.18. The van der Waals surface area contributed by atoms with Crippen LogP contribution in [0.3, 0.4) is 0 Å². The Labute approximate surface area is 94.7 Å². The molecule has 5 heteroatoms. The molecule has 1 N–H and O–H groups in total. The van der Waals surface area contributed by atoms with E-state index >= 15 is 0 Å². The van der Waals surface area contributed by atoms with Gasteiger partial charge in [-0.2, -0.15) is 0 Å². The Morgan fingerprint density at radius 3 is 3.20 bits per heavy atom. The van der Waals surface area contributed by atoms with Gasteiger partial charge >= 0.3 is 0 Å². The summed E-state index contributed by atoms with van der Waals surface area (Å²) in [4.78, 5) is 5.35. The van der Waals surface area contributed by atoms with Crippen molar-refractivity contribution in [1.82, 2.24) is 4.98 Å². The predicted molar refractivity (Wildman–Crippen MR) is 59.8 cm³/mol. The summed E-state index contributed by atoms with van der Waals surface area (Å²) in [5, 5.41) is 3.58. The van der Waals surface area contributed by atoms with Crippen molar-refractivity contribution in [1.29, 1.82) is 0 Å². The Hall–Kier alpha value is -1.13. The molecule has 0 aliphatic carbocycles. The number of hydrogen-bond acceptors (Lipinski definition) is 3. The zero-order chi connectivity index (χ0) is 10.4. The first-order valence-electron chi connectivity index (χ1n) is 4.41. The largest absolute Gasteiger partial charge is 0.378 e. The van der Waals surface area contributed by atoms with E-state index in [1.165, 1.54) is 12.1 Å². The van der Waals surface area contributed by atoms with E-state index in [-0.39, 0.29) is 5.82 Å². The maximum atomic E-state index is 13.2. The van der Waals surface area contributed by atoms with E-state index in [1.807, 2.05) is 0 Å². The minimum atomic E-state index is -0.332. The summed E-state index contributed by atoms with van der Waals surface area (Å²) in [5.41, 5.74) is 4.13. The average Bonchev–Trinajstić information content (AvgIpc) is 2.65. The van der Waals surface area contributed by atoms with Crippen molar-refractivity contribution < 1.29 is 4.39 Å². The molecule has 76 valence electrons. The molecule has 0 saturated heterocycles. The summed E-state index contributed by atoms with van der Waals surface area (Å²) >= 11 is 7.52. The van der Waals surface area contributed by atoms with E-state index in [1.54, 1.807) is 16.8 Å². The summed E-state index contributed by atoms with van der Waals surface area (Å²) in [6, 6.07) is 2.77. The van der Waals surface area contributed by atoms with Crippen LogP contribution in [0.5, 0.6) is 0 Å².